The van der Waals surface area contributed by atoms with Gasteiger partial charge in [-0.25, -0.2) is 19.2 Å². The molecule has 0 aromatic heterocycles. The minimum atomic E-state index is -1.31. The molecule has 4 aromatic carbocycles. The van der Waals surface area contributed by atoms with Crippen molar-refractivity contribution in [3.05, 3.63) is 125 Å². The van der Waals surface area contributed by atoms with E-state index in [0.717, 1.165) is 5.56 Å². The average Bonchev–Trinajstić information content (AvgIpc) is 3.04. The Hall–Kier alpha value is -5.84. The first-order valence-electron chi connectivity index (χ1n) is 14.3. The normalized spacial score (nSPS) is 11.3. The number of phenols is 1. The number of ether oxygens (including phenoxy) is 4. The minimum Gasteiger partial charge on any atom is -0.508 e. The van der Waals surface area contributed by atoms with Gasteiger partial charge in [0, 0.05) is 0 Å². The Labute approximate surface area is 265 Å². The van der Waals surface area contributed by atoms with Crippen molar-refractivity contribution in [3.63, 3.8) is 0 Å². The highest BCUT2D eigenvalue weighted by molar-refractivity contribution is 5.93. The van der Waals surface area contributed by atoms with Crippen molar-refractivity contribution in [2.24, 2.45) is 5.92 Å². The summed E-state index contributed by atoms with van der Waals surface area (Å²) in [6, 6.07) is 24.8. The van der Waals surface area contributed by atoms with Crippen molar-refractivity contribution in [1.29, 1.82) is 0 Å². The van der Waals surface area contributed by atoms with Crippen LogP contribution in [-0.4, -0.2) is 40.3 Å². The van der Waals surface area contributed by atoms with E-state index in [1.165, 1.54) is 36.4 Å². The second-order valence-corrected chi connectivity index (χ2v) is 10.5. The number of hydrogen-bond donors (Lipinski definition) is 3. The first kappa shape index (κ1) is 33.1. The maximum atomic E-state index is 13.1. The molecule has 0 aliphatic rings. The fourth-order valence-electron chi connectivity index (χ4n) is 4.24. The van der Waals surface area contributed by atoms with Crippen LogP contribution < -0.4 is 14.8 Å². The van der Waals surface area contributed by atoms with Crippen LogP contribution in [0.25, 0.3) is 0 Å². The van der Waals surface area contributed by atoms with Gasteiger partial charge in [0.2, 0.25) is 0 Å². The van der Waals surface area contributed by atoms with Crippen LogP contribution in [0.4, 0.5) is 4.79 Å². The molecule has 0 aliphatic heterocycles. The quantitative estimate of drug-likeness (QED) is 0.121. The summed E-state index contributed by atoms with van der Waals surface area (Å²) < 4.78 is 21.9. The fourth-order valence-corrected chi connectivity index (χ4v) is 4.24. The van der Waals surface area contributed by atoms with Gasteiger partial charge >= 0.3 is 24.0 Å². The third-order valence-electron chi connectivity index (χ3n) is 6.65. The summed E-state index contributed by atoms with van der Waals surface area (Å²) in [5, 5.41) is 21.8. The second kappa shape index (κ2) is 15.8. The van der Waals surface area contributed by atoms with Gasteiger partial charge in [0.25, 0.3) is 0 Å². The first-order chi connectivity index (χ1) is 22.1. The number of amides is 1. The van der Waals surface area contributed by atoms with E-state index in [4.69, 9.17) is 18.9 Å². The van der Waals surface area contributed by atoms with E-state index in [1.807, 2.05) is 18.2 Å². The summed E-state index contributed by atoms with van der Waals surface area (Å²) in [5.74, 6) is -2.97. The monoisotopic (exact) mass is 627 g/mol. The van der Waals surface area contributed by atoms with E-state index < -0.39 is 36.0 Å². The molecular weight excluding hydrogens is 594 g/mol. The molecule has 238 valence electrons. The molecule has 1 amide bonds. The standard InChI is InChI=1S/C35H33NO10/c1-22(2)31(36-35(42)45-19-23-8-4-3-5-9-23)34(41)46-30-17-25(14-15-29(30)32(38)39)20-43-28-13-6-10-24(16-28)21-44-33(40)26-11-7-12-27(37)18-26/h3-18,22,31,37H,19-21H2,1-2H3,(H,36,42)(H,38,39)/t31-/m0/s1. The molecular formula is C35H33NO10. The molecule has 1 atom stereocenters. The minimum absolute atomic E-state index is 0.00484. The number of nitrogens with one attached hydrogen (secondary N) is 1. The zero-order valence-electron chi connectivity index (χ0n) is 25.2. The van der Waals surface area contributed by atoms with Crippen LogP contribution in [0.3, 0.4) is 0 Å². The maximum absolute atomic E-state index is 13.1. The lowest BCUT2D eigenvalue weighted by Crippen LogP contribution is -2.46. The van der Waals surface area contributed by atoms with Gasteiger partial charge < -0.3 is 34.5 Å². The van der Waals surface area contributed by atoms with Crippen LogP contribution in [0.5, 0.6) is 17.2 Å². The van der Waals surface area contributed by atoms with Crippen LogP contribution in [0.1, 0.15) is 51.3 Å². The van der Waals surface area contributed by atoms with E-state index in [1.54, 1.807) is 56.3 Å². The molecule has 4 aromatic rings. The lowest BCUT2D eigenvalue weighted by Gasteiger charge is -2.21. The molecule has 0 aliphatic carbocycles. The molecule has 0 fully saturated rings. The number of carboxylic acid groups (broad SMARTS) is 1. The summed E-state index contributed by atoms with van der Waals surface area (Å²) in [6.07, 6.45) is -0.823. The number of aromatic carboxylic acids is 1. The topological polar surface area (TPSA) is 158 Å². The van der Waals surface area contributed by atoms with Crippen molar-refractivity contribution >= 4 is 24.0 Å². The predicted molar refractivity (Wildman–Crippen MR) is 165 cm³/mol. The van der Waals surface area contributed by atoms with E-state index in [-0.39, 0.29) is 42.4 Å². The van der Waals surface area contributed by atoms with Crippen LogP contribution >= 0.6 is 0 Å². The van der Waals surface area contributed by atoms with Gasteiger partial charge in [0.15, 0.2) is 0 Å². The summed E-state index contributed by atoms with van der Waals surface area (Å²) in [5.41, 5.74) is 1.89. The Kier molecular flexibility index (Phi) is 11.3. The Morgan fingerprint density at radius 1 is 0.739 bits per heavy atom. The van der Waals surface area contributed by atoms with Crippen molar-refractivity contribution in [2.45, 2.75) is 39.7 Å². The largest absolute Gasteiger partial charge is 0.508 e. The number of phenolic OH excluding ortho intramolecular Hbond substituents is 1. The van der Waals surface area contributed by atoms with Gasteiger partial charge in [-0.3, -0.25) is 0 Å². The van der Waals surface area contributed by atoms with E-state index in [9.17, 15) is 29.4 Å². The second-order valence-electron chi connectivity index (χ2n) is 10.5. The Morgan fingerprint density at radius 3 is 2.15 bits per heavy atom. The summed E-state index contributed by atoms with van der Waals surface area (Å²) >= 11 is 0. The van der Waals surface area contributed by atoms with Crippen LogP contribution in [0.15, 0.2) is 97.1 Å². The third kappa shape index (κ3) is 9.58. The van der Waals surface area contributed by atoms with E-state index in [2.05, 4.69) is 5.32 Å². The molecule has 0 heterocycles. The van der Waals surface area contributed by atoms with E-state index in [0.29, 0.717) is 16.9 Å². The number of benzene rings is 4. The molecule has 0 bridgehead atoms. The fraction of sp³-hybridized carbons (Fsp3) is 0.200. The van der Waals surface area contributed by atoms with Gasteiger partial charge in [0.1, 0.15) is 48.7 Å². The molecule has 0 saturated heterocycles. The Balaban J connectivity index is 1.38. The lowest BCUT2D eigenvalue weighted by atomic mass is 10.0. The molecule has 3 N–H and O–H groups in total. The van der Waals surface area contributed by atoms with Crippen LogP contribution in [0, 0.1) is 5.92 Å². The molecule has 11 heteroatoms. The highest BCUT2D eigenvalue weighted by Crippen LogP contribution is 2.24. The third-order valence-corrected chi connectivity index (χ3v) is 6.65. The van der Waals surface area contributed by atoms with Gasteiger partial charge in [-0.1, -0.05) is 68.4 Å². The van der Waals surface area contributed by atoms with Crippen LogP contribution in [-0.2, 0) is 34.1 Å². The average molecular weight is 628 g/mol. The van der Waals surface area contributed by atoms with Crippen LogP contribution in [0.2, 0.25) is 0 Å². The van der Waals surface area contributed by atoms with Gasteiger partial charge in [0.05, 0.1) is 5.56 Å². The van der Waals surface area contributed by atoms with Crippen molar-refractivity contribution in [2.75, 3.05) is 0 Å². The van der Waals surface area contributed by atoms with Crippen molar-refractivity contribution in [3.8, 4) is 17.2 Å². The SMILES string of the molecule is CC(C)[C@H](NC(=O)OCc1ccccc1)C(=O)Oc1cc(COc2cccc(COC(=O)c3cccc(O)c3)c2)ccc1C(=O)O. The van der Waals surface area contributed by atoms with Gasteiger partial charge in [-0.05, 0) is 65.1 Å². The van der Waals surface area contributed by atoms with Gasteiger partial charge in [-0.15, -0.1) is 0 Å². The number of hydrogen-bond acceptors (Lipinski definition) is 9. The number of aromatic hydroxyl groups is 1. The number of esters is 2. The molecule has 0 spiro atoms. The predicted octanol–water partition coefficient (Wildman–Crippen LogP) is 5.88. The Morgan fingerprint density at radius 2 is 1.43 bits per heavy atom. The van der Waals surface area contributed by atoms with Gasteiger partial charge in [-0.2, -0.15) is 0 Å². The maximum Gasteiger partial charge on any atom is 0.408 e. The first-order valence-corrected chi connectivity index (χ1v) is 14.3. The number of carbonyl (C=O) groups excluding carboxylic acids is 3. The molecule has 46 heavy (non-hydrogen) atoms. The number of carbonyl (C=O) groups is 4. The molecule has 0 saturated carbocycles. The zero-order valence-corrected chi connectivity index (χ0v) is 25.2. The Bertz CT molecular complexity index is 1690. The highest BCUT2D eigenvalue weighted by atomic mass is 16.6. The smallest absolute Gasteiger partial charge is 0.408 e. The van der Waals surface area contributed by atoms with Crippen molar-refractivity contribution < 1.29 is 48.3 Å². The number of rotatable bonds is 13. The number of carboxylic acids is 1. The zero-order chi connectivity index (χ0) is 33.1. The lowest BCUT2D eigenvalue weighted by molar-refractivity contribution is -0.137. The molecule has 11 nitrogen and oxygen atoms in total. The molecule has 0 unspecified atom stereocenters. The highest BCUT2D eigenvalue weighted by Gasteiger charge is 2.28. The molecule has 0 radical (unpaired) electrons. The van der Waals surface area contributed by atoms with E-state index >= 15 is 0 Å². The summed E-state index contributed by atoms with van der Waals surface area (Å²) in [7, 11) is 0. The summed E-state index contributed by atoms with van der Waals surface area (Å²) in [6.45, 7) is 3.37. The van der Waals surface area contributed by atoms with Crippen molar-refractivity contribution in [1.82, 2.24) is 5.32 Å². The molecule has 4 rings (SSSR count). The number of alkyl carbamates (subject to hydrolysis) is 1. The summed E-state index contributed by atoms with van der Waals surface area (Å²) in [4.78, 5) is 49.7.